The van der Waals surface area contributed by atoms with Crippen molar-refractivity contribution in [1.82, 2.24) is 42.5 Å². The number of benzene rings is 7. The van der Waals surface area contributed by atoms with Crippen LogP contribution < -0.4 is 68.2 Å². The third kappa shape index (κ3) is 14.5. The molecule has 0 aliphatic carbocycles. The maximum Gasteiger partial charge on any atom is 0.248 e. The lowest BCUT2D eigenvalue weighted by atomic mass is 9.97. The number of nitrogens with one attached hydrogen (secondary N) is 8. The molecule has 0 fully saturated rings. The standard InChI is InChI=1S/C62H58Cl2N10O17/c63-39-15-27-1-9-43(39)90-46-23-33-24-47(55(46)81)91-44-10-5-30(21-40(44)64)54(80)53(62(88)72-50(31-17-35(76)25-36(77)18-31)58(84)68-14-13-67-12-11-65)74-59(85)49(28-2-6-34(75)7-3-28)71-61(87)52(33)73-60(86)51-32-19-37(78)26-38(20-32)89-45-22-29(4-8-42(45)79)48(66)57(83)69-41(16-27)56(82)70-51/h1-10,15,17-26,41,48-54,67,75-81H,11-14,16,65-66H2,(H,68,84)(H,69,83)(H,70,82)(H,71,87)(H,72,88)(H,73,86)(H,74,85)/t41-,48-,49-,50+,51+,52-,53+,54-/m1/s1. The van der Waals surface area contributed by atoms with Crippen LogP contribution in [0.1, 0.15) is 75.3 Å². The van der Waals surface area contributed by atoms with Gasteiger partial charge in [-0.15, -0.1) is 0 Å². The van der Waals surface area contributed by atoms with Crippen LogP contribution in [0.2, 0.25) is 10.0 Å². The number of phenolic OH excluding ortho intramolecular Hbond substituents is 6. The van der Waals surface area contributed by atoms with Gasteiger partial charge in [-0.05, 0) is 124 Å². The number of aliphatic hydroxyl groups is 1. The number of hydrogen-bond donors (Lipinski definition) is 17. The molecule has 7 amide bonds. The second-order valence-electron chi connectivity index (χ2n) is 21.3. The molecule has 472 valence electrons. The van der Waals surface area contributed by atoms with E-state index in [1.165, 1.54) is 66.7 Å². The number of carbonyl (C=O) groups excluding carboxylic acids is 7. The highest BCUT2D eigenvalue weighted by atomic mass is 35.5. The molecule has 5 heterocycles. The van der Waals surface area contributed by atoms with Crippen molar-refractivity contribution in [3.63, 3.8) is 0 Å². The van der Waals surface area contributed by atoms with Crippen LogP contribution in [0.4, 0.5) is 0 Å². The molecule has 0 spiro atoms. The van der Waals surface area contributed by atoms with E-state index in [0.717, 1.165) is 60.7 Å². The minimum Gasteiger partial charge on any atom is -0.508 e. The molecular weight excluding hydrogens is 1230 g/mol. The molecule has 0 aromatic heterocycles. The molecule has 0 unspecified atom stereocenters. The molecule has 0 radical (unpaired) electrons. The van der Waals surface area contributed by atoms with Crippen molar-refractivity contribution >= 4 is 64.6 Å². The molecule has 8 atom stereocenters. The van der Waals surface area contributed by atoms with Crippen LogP contribution in [0, 0.1) is 0 Å². The number of carbonyl (C=O) groups is 7. The summed E-state index contributed by atoms with van der Waals surface area (Å²) in [5.74, 6) is -12.8. The van der Waals surface area contributed by atoms with Gasteiger partial charge in [0, 0.05) is 44.7 Å². The van der Waals surface area contributed by atoms with Gasteiger partial charge in [0.25, 0.3) is 0 Å². The summed E-state index contributed by atoms with van der Waals surface area (Å²) >= 11 is 13.8. The van der Waals surface area contributed by atoms with Crippen LogP contribution in [0.5, 0.6) is 69.0 Å². The third-order valence-electron chi connectivity index (χ3n) is 14.8. The van der Waals surface area contributed by atoms with Gasteiger partial charge in [-0.3, -0.25) is 33.6 Å². The van der Waals surface area contributed by atoms with Gasteiger partial charge in [-0.1, -0.05) is 53.5 Å². The number of amides is 7. The first-order valence-corrected chi connectivity index (χ1v) is 28.7. The molecule has 7 aromatic carbocycles. The lowest BCUT2D eigenvalue weighted by molar-refractivity contribution is -0.137. The topological polar surface area (TPSA) is 437 Å². The van der Waals surface area contributed by atoms with Crippen molar-refractivity contribution in [2.24, 2.45) is 11.5 Å². The van der Waals surface area contributed by atoms with Crippen LogP contribution in [0.25, 0.3) is 0 Å². The Balaban J connectivity index is 1.13. The molecule has 12 rings (SSSR count). The summed E-state index contributed by atoms with van der Waals surface area (Å²) in [7, 11) is 0. The molecule has 5 aliphatic heterocycles. The Morgan fingerprint density at radius 1 is 0.538 bits per heavy atom. The average molecular weight is 1290 g/mol. The zero-order valence-electron chi connectivity index (χ0n) is 47.4. The minimum absolute atomic E-state index is 0.0166. The van der Waals surface area contributed by atoms with E-state index in [4.69, 9.17) is 48.9 Å². The molecule has 5 aliphatic rings. The maximum atomic E-state index is 15.7. The molecule has 91 heavy (non-hydrogen) atoms. The second-order valence-corrected chi connectivity index (χ2v) is 22.1. The Kier molecular flexibility index (Phi) is 18.9. The van der Waals surface area contributed by atoms with Crippen molar-refractivity contribution in [2.45, 2.75) is 54.8 Å². The predicted molar refractivity (Wildman–Crippen MR) is 323 cm³/mol. The number of nitrogens with two attached hydrogens (primary N) is 2. The summed E-state index contributed by atoms with van der Waals surface area (Å²) in [6.07, 6.45) is -2.43. The molecule has 29 heteroatoms. The average Bonchev–Trinajstić information content (AvgIpc) is 0.922. The quantitative estimate of drug-likeness (QED) is 0.0870. The maximum absolute atomic E-state index is 15.7. The van der Waals surface area contributed by atoms with Crippen molar-refractivity contribution in [2.75, 3.05) is 26.2 Å². The van der Waals surface area contributed by atoms with Gasteiger partial charge in [0.1, 0.15) is 88.6 Å². The largest absolute Gasteiger partial charge is 0.508 e. The van der Waals surface area contributed by atoms with E-state index in [0.29, 0.717) is 12.1 Å². The van der Waals surface area contributed by atoms with Crippen molar-refractivity contribution < 1.29 is 83.5 Å². The zero-order chi connectivity index (χ0) is 64.9. The minimum atomic E-state index is -2.15. The van der Waals surface area contributed by atoms with Crippen LogP contribution in [0.3, 0.4) is 0 Å². The van der Waals surface area contributed by atoms with Gasteiger partial charge in [-0.25, -0.2) is 0 Å². The van der Waals surface area contributed by atoms with Gasteiger partial charge >= 0.3 is 0 Å². The number of rotatable bonds is 10. The van der Waals surface area contributed by atoms with Crippen molar-refractivity contribution in [1.29, 1.82) is 0 Å². The lowest BCUT2D eigenvalue weighted by Crippen LogP contribution is -2.55. The number of halogens is 2. The van der Waals surface area contributed by atoms with E-state index in [1.807, 2.05) is 0 Å². The normalized spacial score (nSPS) is 20.2. The van der Waals surface area contributed by atoms with Crippen LogP contribution >= 0.6 is 23.2 Å². The van der Waals surface area contributed by atoms with Gasteiger partial charge in [0.05, 0.1) is 10.0 Å². The summed E-state index contributed by atoms with van der Waals surface area (Å²) in [6.45, 7) is 0.878. The van der Waals surface area contributed by atoms with Gasteiger partial charge in [0.15, 0.2) is 23.0 Å². The Morgan fingerprint density at radius 3 is 1.76 bits per heavy atom. The van der Waals surface area contributed by atoms with Gasteiger partial charge in [-0.2, -0.15) is 0 Å². The van der Waals surface area contributed by atoms with E-state index in [9.17, 15) is 54.9 Å². The third-order valence-corrected chi connectivity index (χ3v) is 15.4. The first-order chi connectivity index (χ1) is 43.5. The van der Waals surface area contributed by atoms with E-state index >= 15 is 14.4 Å². The number of aromatic hydroxyl groups is 6. The Bertz CT molecular complexity index is 4010. The first-order valence-electron chi connectivity index (χ1n) is 27.9. The van der Waals surface area contributed by atoms with E-state index in [-0.39, 0.29) is 98.2 Å². The summed E-state index contributed by atoms with van der Waals surface area (Å²) in [6, 6.07) is 12.0. The van der Waals surface area contributed by atoms with Crippen molar-refractivity contribution in [3.8, 4) is 69.0 Å². The fraction of sp³-hybridized carbons (Fsp3) is 0.210. The monoisotopic (exact) mass is 1280 g/mol. The molecule has 0 saturated carbocycles. The second kappa shape index (κ2) is 27.0. The molecule has 7 aromatic rings. The van der Waals surface area contributed by atoms with E-state index in [2.05, 4.69) is 42.5 Å². The molecule has 27 nitrogen and oxygen atoms in total. The number of phenols is 6. The first kappa shape index (κ1) is 63.5. The van der Waals surface area contributed by atoms with E-state index < -0.39 is 130 Å². The highest BCUT2D eigenvalue weighted by molar-refractivity contribution is 6.32. The summed E-state index contributed by atoms with van der Waals surface area (Å²) in [5, 5.41) is 98.7. The van der Waals surface area contributed by atoms with E-state index in [1.54, 1.807) is 0 Å². The molecule has 19 N–H and O–H groups in total. The highest BCUT2D eigenvalue weighted by Gasteiger charge is 2.40. The number of aliphatic hydroxyl groups excluding tert-OH is 1. The smallest absolute Gasteiger partial charge is 0.248 e. The zero-order valence-corrected chi connectivity index (χ0v) is 48.9. The van der Waals surface area contributed by atoms with Crippen LogP contribution in [-0.4, -0.2) is 115 Å². The highest BCUT2D eigenvalue weighted by Crippen LogP contribution is 2.46. The predicted octanol–water partition coefficient (Wildman–Crippen LogP) is 3.58. The summed E-state index contributed by atoms with van der Waals surface area (Å²) in [5.41, 5.74) is 11.5. The van der Waals surface area contributed by atoms with Gasteiger partial charge in [0.2, 0.25) is 47.1 Å². The summed E-state index contributed by atoms with van der Waals surface area (Å²) < 4.78 is 18.5. The Morgan fingerprint density at radius 2 is 1.11 bits per heavy atom. The van der Waals surface area contributed by atoms with Crippen molar-refractivity contribution in [3.05, 3.63) is 176 Å². The SMILES string of the molecule is NCCNCCNC(=O)[C@@H](NC(=O)[C@H]1NC(=O)[C@@H](c2ccc(O)cc2)NC(=O)[C@@H]2NC(=O)[C@H]3NC(=O)[C@@H](Cc4ccc(c(Cl)c4)Oc4cc2cc(c4O)Oc2ccc(cc2Cl)[C@H]1O)NC(=O)[C@H](N)c1ccc(O)c(c1)Oc1cc(O)cc3c1)c1cc(O)cc(O)c1. The fourth-order valence-corrected chi connectivity index (χ4v) is 10.7. The summed E-state index contributed by atoms with van der Waals surface area (Å²) in [4.78, 5) is 104. The van der Waals surface area contributed by atoms with Crippen LogP contribution in [-0.2, 0) is 40.0 Å². The number of fused-ring (bicyclic) bond motifs is 15. The molecule has 13 bridgehead atoms. The van der Waals surface area contributed by atoms with Gasteiger partial charge < -0.3 is 104 Å². The Labute approximate surface area is 526 Å². The Hall–Kier alpha value is -10.6. The fourth-order valence-electron chi connectivity index (χ4n) is 10.2. The number of hydrogen-bond acceptors (Lipinski definition) is 20. The molecular formula is C62H58Cl2N10O17. The van der Waals surface area contributed by atoms with Crippen LogP contribution in [0.15, 0.2) is 127 Å². The number of ether oxygens (including phenoxy) is 3. The lowest BCUT2D eigenvalue weighted by Gasteiger charge is -2.30. The molecule has 0 saturated heterocycles.